The number of anilines is 1. The standard InChI is InChI=1S/C13H11F5N4OS/c1-6(10(23)19-9-5-7(14)3-4-8(9)15)24-12-21-20-11(22(12)2)13(16,17)18/h3-6H,1-2H3,(H,19,23). The first kappa shape index (κ1) is 18.2. The van der Waals surface area contributed by atoms with E-state index < -0.39 is 34.8 Å². The fourth-order valence-corrected chi connectivity index (χ4v) is 2.52. The Hall–Kier alpha value is -2.17. The Labute approximate surface area is 137 Å². The lowest BCUT2D eigenvalue weighted by atomic mass is 10.3. The zero-order valence-corrected chi connectivity index (χ0v) is 13.2. The molecular formula is C13H11F5N4OS. The molecule has 2 aromatic rings. The van der Waals surface area contributed by atoms with Crippen LogP contribution in [0.1, 0.15) is 12.7 Å². The molecule has 1 N–H and O–H groups in total. The number of hydrogen-bond acceptors (Lipinski definition) is 4. The smallest absolute Gasteiger partial charge is 0.323 e. The van der Waals surface area contributed by atoms with E-state index in [-0.39, 0.29) is 10.8 Å². The van der Waals surface area contributed by atoms with Crippen LogP contribution in [0, 0.1) is 11.6 Å². The van der Waals surface area contributed by atoms with E-state index in [9.17, 15) is 26.7 Å². The molecule has 0 saturated carbocycles. The number of carbonyl (C=O) groups excluding carboxylic acids is 1. The number of carbonyl (C=O) groups is 1. The first-order valence-corrected chi connectivity index (χ1v) is 7.36. The fourth-order valence-electron chi connectivity index (χ4n) is 1.70. The molecule has 1 amide bonds. The number of nitrogens with zero attached hydrogens (tertiary/aromatic N) is 3. The van der Waals surface area contributed by atoms with Crippen molar-refractivity contribution in [3.63, 3.8) is 0 Å². The van der Waals surface area contributed by atoms with Gasteiger partial charge in [-0.05, 0) is 19.1 Å². The summed E-state index contributed by atoms with van der Waals surface area (Å²) in [6, 6.07) is 2.54. The number of amides is 1. The van der Waals surface area contributed by atoms with Gasteiger partial charge in [-0.15, -0.1) is 10.2 Å². The monoisotopic (exact) mass is 366 g/mol. The first-order valence-electron chi connectivity index (χ1n) is 6.48. The lowest BCUT2D eigenvalue weighted by molar-refractivity contribution is -0.147. The molecule has 2 rings (SSSR count). The average Bonchev–Trinajstić information content (AvgIpc) is 2.84. The van der Waals surface area contributed by atoms with Gasteiger partial charge in [-0.2, -0.15) is 13.2 Å². The van der Waals surface area contributed by atoms with Crippen molar-refractivity contribution in [1.29, 1.82) is 0 Å². The maximum atomic E-state index is 13.5. The number of benzene rings is 1. The van der Waals surface area contributed by atoms with Crippen molar-refractivity contribution in [1.82, 2.24) is 14.8 Å². The molecule has 0 radical (unpaired) electrons. The Bertz CT molecular complexity index is 761. The van der Waals surface area contributed by atoms with Gasteiger partial charge >= 0.3 is 6.18 Å². The van der Waals surface area contributed by atoms with E-state index in [0.29, 0.717) is 16.3 Å². The van der Waals surface area contributed by atoms with Gasteiger partial charge in [-0.3, -0.25) is 4.79 Å². The summed E-state index contributed by atoms with van der Waals surface area (Å²) in [5, 5.41) is 7.54. The van der Waals surface area contributed by atoms with Gasteiger partial charge in [-0.1, -0.05) is 11.8 Å². The van der Waals surface area contributed by atoms with Crippen LogP contribution >= 0.6 is 11.8 Å². The molecule has 0 bridgehead atoms. The number of thioether (sulfide) groups is 1. The van der Waals surface area contributed by atoms with Crippen LogP contribution in [0.5, 0.6) is 0 Å². The predicted molar refractivity (Wildman–Crippen MR) is 76.3 cm³/mol. The van der Waals surface area contributed by atoms with E-state index in [2.05, 4.69) is 15.5 Å². The van der Waals surface area contributed by atoms with Crippen LogP contribution in [0.2, 0.25) is 0 Å². The van der Waals surface area contributed by atoms with Crippen LogP contribution in [0.3, 0.4) is 0 Å². The van der Waals surface area contributed by atoms with E-state index in [0.717, 1.165) is 25.2 Å². The Morgan fingerprint density at radius 2 is 1.96 bits per heavy atom. The van der Waals surface area contributed by atoms with Gasteiger partial charge in [0.05, 0.1) is 10.9 Å². The highest BCUT2D eigenvalue weighted by atomic mass is 32.2. The Morgan fingerprint density at radius 3 is 2.54 bits per heavy atom. The van der Waals surface area contributed by atoms with E-state index >= 15 is 0 Å². The number of rotatable bonds is 4. The largest absolute Gasteiger partial charge is 0.451 e. The normalized spacial score (nSPS) is 13.0. The molecular weight excluding hydrogens is 355 g/mol. The highest BCUT2D eigenvalue weighted by Crippen LogP contribution is 2.31. The lowest BCUT2D eigenvalue weighted by Crippen LogP contribution is -2.23. The molecule has 11 heteroatoms. The minimum atomic E-state index is -4.67. The summed E-state index contributed by atoms with van der Waals surface area (Å²) >= 11 is 0.706. The van der Waals surface area contributed by atoms with Gasteiger partial charge in [0.15, 0.2) is 5.16 Å². The van der Waals surface area contributed by atoms with Crippen LogP contribution in [-0.2, 0) is 18.0 Å². The van der Waals surface area contributed by atoms with Crippen molar-refractivity contribution in [3.05, 3.63) is 35.7 Å². The first-order chi connectivity index (χ1) is 11.1. The summed E-state index contributed by atoms with van der Waals surface area (Å²) in [6.45, 7) is 1.39. The fraction of sp³-hybridized carbons (Fsp3) is 0.308. The van der Waals surface area contributed by atoms with Gasteiger partial charge < -0.3 is 9.88 Å². The number of aromatic nitrogens is 3. The maximum Gasteiger partial charge on any atom is 0.451 e. The van der Waals surface area contributed by atoms with Gasteiger partial charge in [0.25, 0.3) is 0 Å². The average molecular weight is 366 g/mol. The molecule has 1 unspecified atom stereocenters. The van der Waals surface area contributed by atoms with Crippen LogP contribution in [0.4, 0.5) is 27.6 Å². The summed E-state index contributed by atoms with van der Waals surface area (Å²) in [7, 11) is 1.11. The van der Waals surface area contributed by atoms with Crippen molar-refractivity contribution in [2.75, 3.05) is 5.32 Å². The summed E-state index contributed by atoms with van der Waals surface area (Å²) in [5.41, 5.74) is -0.360. The summed E-state index contributed by atoms with van der Waals surface area (Å²) in [4.78, 5) is 12.0. The summed E-state index contributed by atoms with van der Waals surface area (Å²) < 4.78 is 65.2. The van der Waals surface area contributed by atoms with Crippen LogP contribution in [0.15, 0.2) is 23.4 Å². The quantitative estimate of drug-likeness (QED) is 0.667. The highest BCUT2D eigenvalue weighted by Gasteiger charge is 2.37. The molecule has 24 heavy (non-hydrogen) atoms. The molecule has 1 aromatic carbocycles. The van der Waals surface area contributed by atoms with Crippen molar-refractivity contribution in [2.24, 2.45) is 7.05 Å². The molecule has 0 aliphatic rings. The Balaban J connectivity index is 2.10. The molecule has 0 aliphatic heterocycles. The number of hydrogen-bond donors (Lipinski definition) is 1. The zero-order valence-electron chi connectivity index (χ0n) is 12.4. The van der Waals surface area contributed by atoms with Crippen molar-refractivity contribution in [3.8, 4) is 0 Å². The van der Waals surface area contributed by atoms with E-state index in [1.165, 1.54) is 6.92 Å². The van der Waals surface area contributed by atoms with E-state index in [1.807, 2.05) is 0 Å². The zero-order chi connectivity index (χ0) is 18.1. The predicted octanol–water partition coefficient (Wildman–Crippen LogP) is 3.23. The molecule has 1 aromatic heterocycles. The molecule has 5 nitrogen and oxygen atoms in total. The maximum absolute atomic E-state index is 13.5. The third kappa shape index (κ3) is 4.02. The van der Waals surface area contributed by atoms with Crippen molar-refractivity contribution < 1.29 is 26.7 Å². The topological polar surface area (TPSA) is 59.8 Å². The van der Waals surface area contributed by atoms with Gasteiger partial charge in [0, 0.05) is 13.1 Å². The number of alkyl halides is 3. The molecule has 130 valence electrons. The lowest BCUT2D eigenvalue weighted by Gasteiger charge is -2.12. The number of nitrogens with one attached hydrogen (secondary N) is 1. The van der Waals surface area contributed by atoms with E-state index in [1.54, 1.807) is 0 Å². The van der Waals surface area contributed by atoms with Gasteiger partial charge in [0.2, 0.25) is 11.7 Å². The minimum Gasteiger partial charge on any atom is -0.323 e. The third-order valence-electron chi connectivity index (χ3n) is 2.93. The minimum absolute atomic E-state index is 0.135. The second kappa shape index (κ2) is 6.75. The van der Waals surface area contributed by atoms with Crippen molar-refractivity contribution >= 4 is 23.4 Å². The molecule has 0 spiro atoms. The summed E-state index contributed by atoms with van der Waals surface area (Å²) in [5.74, 6) is -3.50. The van der Waals surface area contributed by atoms with Crippen LogP contribution in [-0.4, -0.2) is 25.9 Å². The third-order valence-corrected chi connectivity index (χ3v) is 4.06. The number of halogens is 5. The van der Waals surface area contributed by atoms with E-state index in [4.69, 9.17) is 0 Å². The Kier molecular flexibility index (Phi) is 5.11. The molecule has 0 saturated heterocycles. The van der Waals surface area contributed by atoms with Crippen LogP contribution < -0.4 is 5.32 Å². The van der Waals surface area contributed by atoms with Gasteiger partial charge in [-0.25, -0.2) is 8.78 Å². The molecule has 1 atom stereocenters. The molecule has 0 fully saturated rings. The second-order valence-electron chi connectivity index (χ2n) is 4.74. The van der Waals surface area contributed by atoms with Crippen molar-refractivity contribution in [2.45, 2.75) is 23.5 Å². The van der Waals surface area contributed by atoms with Gasteiger partial charge in [0.1, 0.15) is 11.6 Å². The Morgan fingerprint density at radius 1 is 1.29 bits per heavy atom. The second-order valence-corrected chi connectivity index (χ2v) is 6.04. The molecule has 1 heterocycles. The summed E-state index contributed by atoms with van der Waals surface area (Å²) in [6.07, 6.45) is -4.67. The van der Waals surface area contributed by atoms with Crippen LogP contribution in [0.25, 0.3) is 0 Å². The highest BCUT2D eigenvalue weighted by molar-refractivity contribution is 8.00. The SMILES string of the molecule is CC(Sc1nnc(C(F)(F)F)n1C)C(=O)Nc1cc(F)ccc1F. The molecule has 0 aliphatic carbocycles.